The number of aromatic nitrogens is 1. The molecule has 2 aromatic carbocycles. The van der Waals surface area contributed by atoms with Crippen LogP contribution in [0, 0.1) is 5.92 Å². The number of amides is 2. The minimum absolute atomic E-state index is 0.0984. The number of likely N-dealkylation sites (tertiary alicyclic amines) is 1. The van der Waals surface area contributed by atoms with Gasteiger partial charge >= 0.3 is 6.09 Å². The van der Waals surface area contributed by atoms with Crippen molar-refractivity contribution in [1.82, 2.24) is 20.1 Å². The molecule has 9 nitrogen and oxygen atoms in total. The second kappa shape index (κ2) is 14.9. The zero-order chi connectivity index (χ0) is 29.0. The second-order valence-corrected chi connectivity index (χ2v) is 10.0. The average Bonchev–Trinajstić information content (AvgIpc) is 2.99. The van der Waals surface area contributed by atoms with Crippen molar-refractivity contribution in [2.45, 2.75) is 32.0 Å². The van der Waals surface area contributed by atoms with E-state index in [9.17, 15) is 14.4 Å². The summed E-state index contributed by atoms with van der Waals surface area (Å²) in [5.41, 5.74) is 1.59. The number of ether oxygens (including phenoxy) is 2. The Morgan fingerprint density at radius 1 is 1.02 bits per heavy atom. The van der Waals surface area contributed by atoms with Crippen molar-refractivity contribution in [1.29, 1.82) is 0 Å². The molecule has 1 aliphatic rings. The van der Waals surface area contributed by atoms with Gasteiger partial charge in [0, 0.05) is 50.9 Å². The van der Waals surface area contributed by atoms with Crippen molar-refractivity contribution in [2.75, 3.05) is 32.8 Å². The summed E-state index contributed by atoms with van der Waals surface area (Å²) < 4.78 is 13.0. The molecule has 2 amide bonds. The minimum Gasteiger partial charge on any atom is -0.493 e. The number of pyridine rings is 1. The Hall–Kier alpha value is -4.37. The summed E-state index contributed by atoms with van der Waals surface area (Å²) in [6.07, 6.45) is 4.17. The highest BCUT2D eigenvalue weighted by Gasteiger charge is 2.35. The molecular weight excluding hydrogens is 520 g/mol. The van der Waals surface area contributed by atoms with Crippen LogP contribution in [0.5, 0.6) is 5.75 Å². The molecule has 2 atom stereocenters. The van der Waals surface area contributed by atoms with E-state index in [4.69, 9.17) is 9.47 Å². The smallest absolute Gasteiger partial charge is 0.407 e. The predicted octanol–water partition coefficient (Wildman–Crippen LogP) is 3.88. The van der Waals surface area contributed by atoms with Gasteiger partial charge in [-0.15, -0.1) is 13.2 Å². The summed E-state index contributed by atoms with van der Waals surface area (Å²) in [5, 5.41) is 6.71. The number of piperidine rings is 1. The zero-order valence-corrected chi connectivity index (χ0v) is 23.3. The molecule has 2 heterocycles. The molecule has 4 rings (SSSR count). The summed E-state index contributed by atoms with van der Waals surface area (Å²) >= 11 is 0. The number of nitrogens with zero attached hydrogens (tertiary/aromatic N) is 2. The number of alkyl carbamates (subject to hydrolysis) is 1. The number of hydrogen-bond donors (Lipinski definition) is 2. The number of carbonyl (C=O) groups is 2. The molecule has 0 saturated carbocycles. The fraction of sp³-hybridized carbons (Fsp3) is 0.344. The summed E-state index contributed by atoms with van der Waals surface area (Å²) in [6.45, 7) is 10.5. The Labute approximate surface area is 240 Å². The van der Waals surface area contributed by atoms with Crippen molar-refractivity contribution in [3.8, 4) is 5.75 Å². The highest BCUT2D eigenvalue weighted by Crippen LogP contribution is 2.22. The standard InChI is InChI=1S/C32H38N4O5/c1-3-5-20-40-26-13-11-25-12-14-30(37)36(29(25)21-26)19-18-35-17-15-28(27(22-35)31(38)33-16-4-2)34-32(39)41-23-24-9-7-6-8-10-24/h3-4,6-14,21,27-28H,1-2,5,15-20,22-23H2,(H,33,38)(H,34,39)/t27-,28+/m0/s1. The van der Waals surface area contributed by atoms with Crippen LogP contribution in [-0.2, 0) is 22.7 Å². The molecule has 0 spiro atoms. The summed E-state index contributed by atoms with van der Waals surface area (Å²) in [4.78, 5) is 40.7. The van der Waals surface area contributed by atoms with E-state index in [1.54, 1.807) is 22.8 Å². The molecule has 3 aromatic rings. The first kappa shape index (κ1) is 29.6. The van der Waals surface area contributed by atoms with Gasteiger partial charge in [-0.25, -0.2) is 4.79 Å². The van der Waals surface area contributed by atoms with Crippen molar-refractivity contribution < 1.29 is 19.1 Å². The zero-order valence-electron chi connectivity index (χ0n) is 23.3. The van der Waals surface area contributed by atoms with Gasteiger partial charge in [-0.1, -0.05) is 42.5 Å². The van der Waals surface area contributed by atoms with Crippen LogP contribution in [0.15, 0.2) is 90.8 Å². The Balaban J connectivity index is 1.42. The Morgan fingerprint density at radius 2 is 1.83 bits per heavy atom. The summed E-state index contributed by atoms with van der Waals surface area (Å²) in [6, 6.07) is 18.2. The Kier molecular flexibility index (Phi) is 10.7. The number of rotatable bonds is 13. The lowest BCUT2D eigenvalue weighted by molar-refractivity contribution is -0.127. The average molecular weight is 559 g/mol. The van der Waals surface area contributed by atoms with E-state index < -0.39 is 12.0 Å². The third kappa shape index (κ3) is 8.31. The van der Waals surface area contributed by atoms with E-state index in [1.807, 2.05) is 54.6 Å². The van der Waals surface area contributed by atoms with Gasteiger partial charge in [-0.05, 0) is 42.0 Å². The highest BCUT2D eigenvalue weighted by molar-refractivity contribution is 5.81. The maximum absolute atomic E-state index is 13.1. The van der Waals surface area contributed by atoms with Gasteiger partial charge in [0.15, 0.2) is 0 Å². The monoisotopic (exact) mass is 558 g/mol. The lowest BCUT2D eigenvalue weighted by atomic mass is 9.91. The maximum Gasteiger partial charge on any atom is 0.407 e. The first-order valence-corrected chi connectivity index (χ1v) is 13.9. The van der Waals surface area contributed by atoms with Crippen LogP contribution < -0.4 is 20.9 Å². The van der Waals surface area contributed by atoms with Gasteiger partial charge in [0.1, 0.15) is 12.4 Å². The molecule has 1 saturated heterocycles. The van der Waals surface area contributed by atoms with E-state index in [1.165, 1.54) is 0 Å². The molecule has 1 fully saturated rings. The van der Waals surface area contributed by atoms with Crippen molar-refractivity contribution in [3.05, 3.63) is 102 Å². The van der Waals surface area contributed by atoms with E-state index in [-0.39, 0.29) is 24.1 Å². The fourth-order valence-corrected chi connectivity index (χ4v) is 4.97. The molecule has 0 unspecified atom stereocenters. The van der Waals surface area contributed by atoms with Crippen molar-refractivity contribution in [3.63, 3.8) is 0 Å². The quantitative estimate of drug-likeness (QED) is 0.244. The van der Waals surface area contributed by atoms with Crippen LogP contribution in [-0.4, -0.2) is 60.3 Å². The van der Waals surface area contributed by atoms with Gasteiger partial charge < -0.3 is 29.6 Å². The molecule has 0 aliphatic carbocycles. The molecule has 9 heteroatoms. The first-order valence-electron chi connectivity index (χ1n) is 13.9. The number of fused-ring (bicyclic) bond motifs is 1. The number of benzene rings is 2. The largest absolute Gasteiger partial charge is 0.493 e. The second-order valence-electron chi connectivity index (χ2n) is 10.0. The van der Waals surface area contributed by atoms with Gasteiger partial charge in [-0.2, -0.15) is 0 Å². The van der Waals surface area contributed by atoms with Crippen LogP contribution in [0.3, 0.4) is 0 Å². The molecule has 1 aromatic heterocycles. The van der Waals surface area contributed by atoms with Crippen molar-refractivity contribution in [2.24, 2.45) is 5.92 Å². The normalized spacial score (nSPS) is 17.0. The first-order chi connectivity index (χ1) is 20.0. The Morgan fingerprint density at radius 3 is 2.61 bits per heavy atom. The molecule has 216 valence electrons. The van der Waals surface area contributed by atoms with Crippen LogP contribution in [0.25, 0.3) is 10.9 Å². The third-order valence-corrected chi connectivity index (χ3v) is 7.17. The lowest BCUT2D eigenvalue weighted by Gasteiger charge is -2.38. The van der Waals surface area contributed by atoms with Gasteiger partial charge in [-0.3, -0.25) is 9.59 Å². The van der Waals surface area contributed by atoms with E-state index in [2.05, 4.69) is 28.7 Å². The number of hydrogen-bond acceptors (Lipinski definition) is 6. The van der Waals surface area contributed by atoms with Gasteiger partial charge in [0.2, 0.25) is 5.91 Å². The summed E-state index contributed by atoms with van der Waals surface area (Å²) in [5.74, 6) is 0.0531. The van der Waals surface area contributed by atoms with Crippen LogP contribution >= 0.6 is 0 Å². The summed E-state index contributed by atoms with van der Waals surface area (Å²) in [7, 11) is 0. The van der Waals surface area contributed by atoms with Crippen LogP contribution in [0.2, 0.25) is 0 Å². The van der Waals surface area contributed by atoms with E-state index in [0.29, 0.717) is 51.5 Å². The third-order valence-electron chi connectivity index (χ3n) is 7.17. The number of nitrogens with one attached hydrogen (secondary N) is 2. The van der Waals surface area contributed by atoms with E-state index >= 15 is 0 Å². The molecular formula is C32H38N4O5. The minimum atomic E-state index is -0.553. The molecule has 0 bridgehead atoms. The number of carbonyl (C=O) groups excluding carboxylic acids is 2. The molecule has 41 heavy (non-hydrogen) atoms. The van der Waals surface area contributed by atoms with Crippen LogP contribution in [0.4, 0.5) is 4.79 Å². The topological polar surface area (TPSA) is 102 Å². The van der Waals surface area contributed by atoms with Crippen molar-refractivity contribution >= 4 is 22.9 Å². The lowest BCUT2D eigenvalue weighted by Crippen LogP contribution is -2.56. The van der Waals surface area contributed by atoms with Gasteiger partial charge in [0.25, 0.3) is 5.56 Å². The molecule has 2 N–H and O–H groups in total. The predicted molar refractivity (Wildman–Crippen MR) is 160 cm³/mol. The van der Waals surface area contributed by atoms with Crippen LogP contribution in [0.1, 0.15) is 18.4 Å². The highest BCUT2D eigenvalue weighted by atomic mass is 16.5. The molecule has 0 radical (unpaired) electrons. The van der Waals surface area contributed by atoms with E-state index in [0.717, 1.165) is 22.9 Å². The SMILES string of the molecule is C=CCCOc1ccc2ccc(=O)n(CCN3CC[C@@H](NC(=O)OCc4ccccc4)[C@@H](C(=O)NCC=C)C3)c2c1. The fourth-order valence-electron chi connectivity index (χ4n) is 4.97. The molecule has 1 aliphatic heterocycles. The Bertz CT molecular complexity index is 1400. The maximum atomic E-state index is 13.1. The van der Waals surface area contributed by atoms with Gasteiger partial charge in [0.05, 0.1) is 18.0 Å².